The van der Waals surface area contributed by atoms with E-state index in [0.29, 0.717) is 6.54 Å². The molecule has 1 atom stereocenters. The number of carbonyl (C=O) groups is 1. The lowest BCUT2D eigenvalue weighted by Gasteiger charge is -2.14. The van der Waals surface area contributed by atoms with E-state index in [0.717, 1.165) is 24.1 Å². The van der Waals surface area contributed by atoms with Gasteiger partial charge >= 0.3 is 5.97 Å². The van der Waals surface area contributed by atoms with Crippen molar-refractivity contribution in [1.29, 1.82) is 0 Å². The van der Waals surface area contributed by atoms with E-state index in [4.69, 9.17) is 5.11 Å². The van der Waals surface area contributed by atoms with Crippen molar-refractivity contribution in [3.63, 3.8) is 0 Å². The Morgan fingerprint density at radius 2 is 2.18 bits per heavy atom. The van der Waals surface area contributed by atoms with Crippen molar-refractivity contribution in [3.05, 3.63) is 29.3 Å². The maximum absolute atomic E-state index is 10.8. The van der Waals surface area contributed by atoms with Gasteiger partial charge in [-0.2, -0.15) is 0 Å². The maximum atomic E-state index is 10.8. The van der Waals surface area contributed by atoms with Crippen LogP contribution in [-0.4, -0.2) is 28.8 Å². The van der Waals surface area contributed by atoms with Crippen LogP contribution in [0.2, 0.25) is 0 Å². The third-order valence-electron chi connectivity index (χ3n) is 2.62. The molecule has 0 fully saturated rings. The van der Waals surface area contributed by atoms with Gasteiger partial charge in [-0.05, 0) is 37.1 Å². The fourth-order valence-electron chi connectivity index (χ4n) is 1.66. The Morgan fingerprint density at radius 3 is 2.71 bits per heavy atom. The summed E-state index contributed by atoms with van der Waals surface area (Å²) >= 11 is 0. The molecule has 0 aliphatic carbocycles. The van der Waals surface area contributed by atoms with Crippen LogP contribution in [0.15, 0.2) is 18.2 Å². The predicted molar refractivity (Wildman–Crippen MR) is 67.5 cm³/mol. The van der Waals surface area contributed by atoms with E-state index in [2.05, 4.69) is 5.32 Å². The highest BCUT2D eigenvalue weighted by molar-refractivity contribution is 5.88. The monoisotopic (exact) mass is 237 g/mol. The first-order chi connectivity index (χ1) is 8.04. The molecule has 0 amide bonds. The summed E-state index contributed by atoms with van der Waals surface area (Å²) in [5, 5.41) is 21.5. The summed E-state index contributed by atoms with van der Waals surface area (Å²) in [5.41, 5.74) is 2.01. The van der Waals surface area contributed by atoms with Crippen LogP contribution in [0.4, 0.5) is 5.69 Å². The Morgan fingerprint density at radius 1 is 1.47 bits per heavy atom. The SMILES string of the molecule is CCCC(O)CNc1ccc(C(=O)O)cc1C. The second-order valence-electron chi connectivity index (χ2n) is 4.16. The molecule has 0 aliphatic heterocycles. The van der Waals surface area contributed by atoms with Gasteiger partial charge < -0.3 is 15.5 Å². The van der Waals surface area contributed by atoms with E-state index in [1.54, 1.807) is 18.2 Å². The number of nitrogens with one attached hydrogen (secondary N) is 1. The second kappa shape index (κ2) is 6.25. The average molecular weight is 237 g/mol. The van der Waals surface area contributed by atoms with E-state index in [1.807, 2.05) is 13.8 Å². The zero-order valence-corrected chi connectivity index (χ0v) is 10.2. The minimum Gasteiger partial charge on any atom is -0.478 e. The number of aliphatic hydroxyl groups is 1. The molecule has 4 nitrogen and oxygen atoms in total. The van der Waals surface area contributed by atoms with Crippen LogP contribution < -0.4 is 5.32 Å². The van der Waals surface area contributed by atoms with Crippen LogP contribution in [0.1, 0.15) is 35.7 Å². The Bertz CT molecular complexity index is 390. The van der Waals surface area contributed by atoms with Gasteiger partial charge in [0, 0.05) is 12.2 Å². The molecule has 0 bridgehead atoms. The molecule has 1 aromatic carbocycles. The summed E-state index contributed by atoms with van der Waals surface area (Å²) in [5.74, 6) is -0.925. The van der Waals surface area contributed by atoms with Crippen LogP contribution >= 0.6 is 0 Å². The van der Waals surface area contributed by atoms with E-state index < -0.39 is 5.97 Å². The van der Waals surface area contributed by atoms with Crippen LogP contribution in [0.5, 0.6) is 0 Å². The lowest BCUT2D eigenvalue weighted by atomic mass is 10.1. The number of hydrogen-bond donors (Lipinski definition) is 3. The summed E-state index contributed by atoms with van der Waals surface area (Å²) in [6, 6.07) is 4.91. The molecule has 0 saturated carbocycles. The van der Waals surface area contributed by atoms with Crippen molar-refractivity contribution in [2.75, 3.05) is 11.9 Å². The molecule has 3 N–H and O–H groups in total. The van der Waals surface area contributed by atoms with Crippen LogP contribution in [0.3, 0.4) is 0 Å². The summed E-state index contributed by atoms with van der Waals surface area (Å²) < 4.78 is 0. The predicted octanol–water partition coefficient (Wildman–Crippen LogP) is 2.27. The first-order valence-corrected chi connectivity index (χ1v) is 5.80. The molecule has 0 radical (unpaired) electrons. The van der Waals surface area contributed by atoms with Crippen molar-refractivity contribution in [2.24, 2.45) is 0 Å². The van der Waals surface area contributed by atoms with Gasteiger partial charge in [-0.25, -0.2) is 4.79 Å². The molecule has 4 heteroatoms. The fraction of sp³-hybridized carbons (Fsp3) is 0.462. The van der Waals surface area contributed by atoms with E-state index in [1.165, 1.54) is 0 Å². The Kier molecular flexibility index (Phi) is 4.97. The minimum atomic E-state index is -0.925. The van der Waals surface area contributed by atoms with E-state index in [-0.39, 0.29) is 11.7 Å². The molecule has 94 valence electrons. The standard InChI is InChI=1S/C13H19NO3/c1-3-4-11(15)8-14-12-6-5-10(13(16)17)7-9(12)2/h5-7,11,14-15H,3-4,8H2,1-2H3,(H,16,17). The lowest BCUT2D eigenvalue weighted by Crippen LogP contribution is -2.19. The van der Waals surface area contributed by atoms with Gasteiger partial charge in [0.05, 0.1) is 11.7 Å². The zero-order valence-electron chi connectivity index (χ0n) is 10.2. The number of aryl methyl sites for hydroxylation is 1. The Labute approximate surface area is 101 Å². The maximum Gasteiger partial charge on any atom is 0.335 e. The normalized spacial score (nSPS) is 12.2. The van der Waals surface area contributed by atoms with Crippen LogP contribution in [0, 0.1) is 6.92 Å². The second-order valence-corrected chi connectivity index (χ2v) is 4.16. The molecular weight excluding hydrogens is 218 g/mol. The van der Waals surface area contributed by atoms with Gasteiger partial charge in [-0.3, -0.25) is 0 Å². The third-order valence-corrected chi connectivity index (χ3v) is 2.62. The highest BCUT2D eigenvalue weighted by atomic mass is 16.4. The van der Waals surface area contributed by atoms with Gasteiger partial charge in [-0.15, -0.1) is 0 Å². The molecule has 0 saturated heterocycles. The molecular formula is C13H19NO3. The molecule has 0 heterocycles. The largest absolute Gasteiger partial charge is 0.478 e. The number of anilines is 1. The minimum absolute atomic E-state index is 0.280. The number of hydrogen-bond acceptors (Lipinski definition) is 3. The van der Waals surface area contributed by atoms with Crippen LogP contribution in [-0.2, 0) is 0 Å². The average Bonchev–Trinajstić information content (AvgIpc) is 2.27. The van der Waals surface area contributed by atoms with E-state index >= 15 is 0 Å². The highest BCUT2D eigenvalue weighted by Crippen LogP contribution is 2.16. The molecule has 1 aromatic rings. The Hall–Kier alpha value is -1.55. The number of aliphatic hydroxyl groups excluding tert-OH is 1. The van der Waals surface area contributed by atoms with Crippen molar-refractivity contribution in [2.45, 2.75) is 32.8 Å². The number of benzene rings is 1. The van der Waals surface area contributed by atoms with Gasteiger partial charge in [0.2, 0.25) is 0 Å². The molecule has 0 aliphatic rings. The summed E-state index contributed by atoms with van der Waals surface area (Å²) in [4.78, 5) is 10.8. The molecule has 1 rings (SSSR count). The highest BCUT2D eigenvalue weighted by Gasteiger charge is 2.07. The number of aromatic carboxylic acids is 1. The fourth-order valence-corrected chi connectivity index (χ4v) is 1.66. The first-order valence-electron chi connectivity index (χ1n) is 5.80. The summed E-state index contributed by atoms with van der Waals surface area (Å²) in [7, 11) is 0. The molecule has 0 spiro atoms. The quantitative estimate of drug-likeness (QED) is 0.710. The third kappa shape index (κ3) is 4.07. The number of carboxylic acids is 1. The summed E-state index contributed by atoms with van der Waals surface area (Å²) in [6.07, 6.45) is 1.34. The van der Waals surface area contributed by atoms with Gasteiger partial charge in [0.25, 0.3) is 0 Å². The Balaban J connectivity index is 2.63. The van der Waals surface area contributed by atoms with Crippen LogP contribution in [0.25, 0.3) is 0 Å². The number of carboxylic acid groups (broad SMARTS) is 1. The smallest absolute Gasteiger partial charge is 0.335 e. The van der Waals surface area contributed by atoms with Crippen molar-refractivity contribution < 1.29 is 15.0 Å². The molecule has 1 unspecified atom stereocenters. The van der Waals surface area contributed by atoms with Crippen molar-refractivity contribution in [3.8, 4) is 0 Å². The molecule has 0 aromatic heterocycles. The van der Waals surface area contributed by atoms with Crippen molar-refractivity contribution in [1.82, 2.24) is 0 Å². The van der Waals surface area contributed by atoms with Gasteiger partial charge in [0.1, 0.15) is 0 Å². The topological polar surface area (TPSA) is 69.6 Å². The first kappa shape index (κ1) is 13.5. The van der Waals surface area contributed by atoms with Gasteiger partial charge in [0.15, 0.2) is 0 Å². The van der Waals surface area contributed by atoms with E-state index in [9.17, 15) is 9.90 Å². The molecule has 17 heavy (non-hydrogen) atoms. The van der Waals surface area contributed by atoms with Crippen molar-refractivity contribution >= 4 is 11.7 Å². The zero-order chi connectivity index (χ0) is 12.8. The lowest BCUT2D eigenvalue weighted by molar-refractivity contribution is 0.0697. The summed E-state index contributed by atoms with van der Waals surface area (Å²) in [6.45, 7) is 4.36. The van der Waals surface area contributed by atoms with Gasteiger partial charge in [-0.1, -0.05) is 13.3 Å². The number of rotatable bonds is 6.